The number of anilines is 2. The predicted molar refractivity (Wildman–Crippen MR) is 121 cm³/mol. The van der Waals surface area contributed by atoms with Crippen molar-refractivity contribution in [2.75, 3.05) is 16.0 Å². The quantitative estimate of drug-likeness (QED) is 0.639. The van der Waals surface area contributed by atoms with Crippen molar-refractivity contribution < 1.29 is 14.7 Å². The van der Waals surface area contributed by atoms with Gasteiger partial charge >= 0.3 is 0 Å². The number of carbonyl (C=O) groups is 2. The molecule has 2 N–H and O–H groups in total. The highest BCUT2D eigenvalue weighted by Gasteiger charge is 2.34. The fourth-order valence-electron chi connectivity index (χ4n) is 3.51. The largest absolute Gasteiger partial charge is 0.392 e. The van der Waals surface area contributed by atoms with Gasteiger partial charge in [0.1, 0.15) is 5.37 Å². The number of nitrogens with zero attached hydrogens (tertiary/aromatic N) is 1. The van der Waals surface area contributed by atoms with Crippen LogP contribution in [0.3, 0.4) is 0 Å². The van der Waals surface area contributed by atoms with Gasteiger partial charge in [-0.3, -0.25) is 14.5 Å². The van der Waals surface area contributed by atoms with Gasteiger partial charge in [-0.05, 0) is 54.4 Å². The van der Waals surface area contributed by atoms with Crippen molar-refractivity contribution >= 4 is 35.0 Å². The maximum absolute atomic E-state index is 12.6. The first kappa shape index (κ1) is 20.2. The lowest BCUT2D eigenvalue weighted by molar-refractivity contribution is -0.115. The van der Waals surface area contributed by atoms with E-state index in [1.165, 1.54) is 0 Å². The number of aliphatic hydroxyl groups excluding tert-OH is 1. The predicted octanol–water partition coefficient (Wildman–Crippen LogP) is 4.52. The number of hydrogen-bond acceptors (Lipinski definition) is 4. The molecule has 0 bridgehead atoms. The molecule has 1 heterocycles. The lowest BCUT2D eigenvalue weighted by atomic mass is 10.1. The zero-order valence-corrected chi connectivity index (χ0v) is 17.4. The van der Waals surface area contributed by atoms with Gasteiger partial charge in [-0.1, -0.05) is 42.0 Å². The maximum Gasteiger partial charge on any atom is 0.255 e. The lowest BCUT2D eigenvalue weighted by Gasteiger charge is -2.25. The van der Waals surface area contributed by atoms with Crippen LogP contribution in [0.1, 0.15) is 32.4 Å². The topological polar surface area (TPSA) is 69.6 Å². The van der Waals surface area contributed by atoms with Crippen molar-refractivity contribution in [3.63, 3.8) is 0 Å². The number of nitrogens with one attached hydrogen (secondary N) is 1. The summed E-state index contributed by atoms with van der Waals surface area (Å²) in [6, 6.07) is 22.4. The normalized spacial score (nSPS) is 16.0. The summed E-state index contributed by atoms with van der Waals surface area (Å²) in [6.45, 7) is 1.88. The highest BCUT2D eigenvalue weighted by atomic mass is 32.2. The zero-order valence-electron chi connectivity index (χ0n) is 16.5. The van der Waals surface area contributed by atoms with Crippen LogP contribution in [0.4, 0.5) is 11.4 Å². The Labute approximate surface area is 179 Å². The molecule has 3 aromatic carbocycles. The number of thioether (sulfide) groups is 1. The van der Waals surface area contributed by atoms with Gasteiger partial charge in [-0.25, -0.2) is 0 Å². The molecule has 1 aliphatic rings. The fraction of sp³-hybridized carbons (Fsp3) is 0.167. The van der Waals surface area contributed by atoms with Crippen LogP contribution in [0, 0.1) is 6.92 Å². The van der Waals surface area contributed by atoms with Gasteiger partial charge < -0.3 is 10.4 Å². The smallest absolute Gasteiger partial charge is 0.255 e. The van der Waals surface area contributed by atoms with E-state index in [9.17, 15) is 14.7 Å². The van der Waals surface area contributed by atoms with E-state index in [0.29, 0.717) is 17.0 Å². The SMILES string of the molecule is Cc1cccc(C(=O)Nc2cccc(C3SCC(=O)N3c3cccc(CO)c3)c2)c1. The molecule has 1 fully saturated rings. The fourth-order valence-corrected chi connectivity index (χ4v) is 4.68. The Morgan fingerprint density at radius 3 is 2.70 bits per heavy atom. The molecule has 1 saturated heterocycles. The van der Waals surface area contributed by atoms with Crippen LogP contribution in [0.15, 0.2) is 72.8 Å². The van der Waals surface area contributed by atoms with E-state index < -0.39 is 0 Å². The van der Waals surface area contributed by atoms with Gasteiger partial charge in [0.2, 0.25) is 5.91 Å². The molecule has 0 radical (unpaired) electrons. The molecule has 6 heteroatoms. The molecule has 0 spiro atoms. The molecule has 4 rings (SSSR count). The van der Waals surface area contributed by atoms with Crippen molar-refractivity contribution in [3.05, 3.63) is 95.1 Å². The van der Waals surface area contributed by atoms with Gasteiger partial charge in [0.05, 0.1) is 12.4 Å². The minimum Gasteiger partial charge on any atom is -0.392 e. The molecule has 1 aliphatic heterocycles. The van der Waals surface area contributed by atoms with Crippen molar-refractivity contribution in [1.82, 2.24) is 0 Å². The number of benzene rings is 3. The van der Waals surface area contributed by atoms with Gasteiger partial charge in [-0.2, -0.15) is 0 Å². The highest BCUT2D eigenvalue weighted by Crippen LogP contribution is 2.42. The number of aliphatic hydroxyl groups is 1. The molecule has 30 heavy (non-hydrogen) atoms. The number of aryl methyl sites for hydroxylation is 1. The molecule has 152 valence electrons. The van der Waals surface area contributed by atoms with Crippen molar-refractivity contribution in [1.29, 1.82) is 0 Å². The van der Waals surface area contributed by atoms with Gasteiger partial charge in [0.25, 0.3) is 5.91 Å². The van der Waals surface area contributed by atoms with Crippen LogP contribution >= 0.6 is 11.8 Å². The Morgan fingerprint density at radius 2 is 1.90 bits per heavy atom. The average molecular weight is 419 g/mol. The van der Waals surface area contributed by atoms with E-state index in [0.717, 1.165) is 22.4 Å². The van der Waals surface area contributed by atoms with E-state index >= 15 is 0 Å². The summed E-state index contributed by atoms with van der Waals surface area (Å²) in [6.07, 6.45) is 0. The number of carbonyl (C=O) groups excluding carboxylic acids is 2. The van der Waals surface area contributed by atoms with E-state index in [2.05, 4.69) is 5.32 Å². The Hall–Kier alpha value is -3.09. The second kappa shape index (κ2) is 8.73. The second-order valence-corrected chi connectivity index (χ2v) is 8.27. The Bertz CT molecular complexity index is 1100. The van der Waals surface area contributed by atoms with Crippen LogP contribution in [0.25, 0.3) is 0 Å². The summed E-state index contributed by atoms with van der Waals surface area (Å²) < 4.78 is 0. The molecular weight excluding hydrogens is 396 g/mol. The first-order valence-electron chi connectivity index (χ1n) is 9.66. The van der Waals surface area contributed by atoms with Crippen LogP contribution in [-0.4, -0.2) is 22.7 Å². The average Bonchev–Trinajstić information content (AvgIpc) is 3.15. The van der Waals surface area contributed by atoms with Crippen LogP contribution in [-0.2, 0) is 11.4 Å². The van der Waals surface area contributed by atoms with Crippen LogP contribution < -0.4 is 10.2 Å². The van der Waals surface area contributed by atoms with E-state index in [4.69, 9.17) is 0 Å². The van der Waals surface area contributed by atoms with Crippen LogP contribution in [0.2, 0.25) is 0 Å². The van der Waals surface area contributed by atoms with Gasteiger partial charge in [-0.15, -0.1) is 11.8 Å². The molecule has 0 aliphatic carbocycles. The molecule has 1 unspecified atom stereocenters. The minimum absolute atomic E-state index is 0.0225. The van der Waals surface area contributed by atoms with Crippen molar-refractivity contribution in [2.45, 2.75) is 18.9 Å². The molecule has 5 nitrogen and oxygen atoms in total. The van der Waals surface area contributed by atoms with Crippen LogP contribution in [0.5, 0.6) is 0 Å². The van der Waals surface area contributed by atoms with E-state index in [-0.39, 0.29) is 23.8 Å². The third-order valence-electron chi connectivity index (χ3n) is 4.95. The number of rotatable bonds is 5. The standard InChI is InChI=1S/C24H22N2O3S/c1-16-5-2-7-18(11-16)23(29)25-20-9-4-8-19(13-20)24-26(22(28)15-30-24)21-10-3-6-17(12-21)14-27/h2-13,24,27H,14-15H2,1H3,(H,25,29). The molecule has 3 aromatic rings. The Balaban J connectivity index is 1.59. The van der Waals surface area contributed by atoms with Gasteiger partial charge in [0.15, 0.2) is 0 Å². The third-order valence-corrected chi connectivity index (χ3v) is 6.16. The summed E-state index contributed by atoms with van der Waals surface area (Å²) in [5, 5.41) is 12.2. The number of hydrogen-bond donors (Lipinski definition) is 2. The molecule has 1 atom stereocenters. The summed E-state index contributed by atoms with van der Waals surface area (Å²) in [5.74, 6) is 0.237. The third kappa shape index (κ3) is 4.25. The zero-order chi connectivity index (χ0) is 21.1. The summed E-state index contributed by atoms with van der Waals surface area (Å²) >= 11 is 1.55. The first-order valence-corrected chi connectivity index (χ1v) is 10.7. The lowest BCUT2D eigenvalue weighted by Crippen LogP contribution is -2.28. The highest BCUT2D eigenvalue weighted by molar-refractivity contribution is 8.00. The second-order valence-electron chi connectivity index (χ2n) is 7.20. The summed E-state index contributed by atoms with van der Waals surface area (Å²) in [4.78, 5) is 27.0. The van der Waals surface area contributed by atoms with E-state index in [1.807, 2.05) is 73.7 Å². The molecule has 2 amide bonds. The van der Waals surface area contributed by atoms with Crippen molar-refractivity contribution in [2.24, 2.45) is 0 Å². The molecule has 0 aromatic heterocycles. The number of amides is 2. The Kier molecular flexibility index (Phi) is 5.88. The molecule has 0 saturated carbocycles. The monoisotopic (exact) mass is 418 g/mol. The molecular formula is C24H22N2O3S. The van der Waals surface area contributed by atoms with Crippen molar-refractivity contribution in [3.8, 4) is 0 Å². The first-order chi connectivity index (χ1) is 14.5. The minimum atomic E-state index is -0.192. The summed E-state index contributed by atoms with van der Waals surface area (Å²) in [7, 11) is 0. The van der Waals surface area contributed by atoms with Gasteiger partial charge in [0, 0.05) is 16.9 Å². The maximum atomic E-state index is 12.6. The Morgan fingerprint density at radius 1 is 1.10 bits per heavy atom. The van der Waals surface area contributed by atoms with E-state index in [1.54, 1.807) is 22.7 Å². The summed E-state index contributed by atoms with van der Waals surface area (Å²) in [5.41, 5.74) is 4.77.